The van der Waals surface area contributed by atoms with Crippen LogP contribution >= 0.6 is 0 Å². The van der Waals surface area contributed by atoms with Gasteiger partial charge in [-0.15, -0.1) is 0 Å². The minimum absolute atomic E-state index is 0.0877. The summed E-state index contributed by atoms with van der Waals surface area (Å²) in [4.78, 5) is 13.0. The van der Waals surface area contributed by atoms with Crippen LogP contribution in [0.1, 0.15) is 45.4 Å². The third kappa shape index (κ3) is 4.48. The molecule has 1 heterocycles. The molecule has 2 aromatic carbocycles. The summed E-state index contributed by atoms with van der Waals surface area (Å²) >= 11 is 0. The monoisotopic (exact) mass is 414 g/mol. The maximum absolute atomic E-state index is 13.1. The second kappa shape index (κ2) is 8.44. The summed E-state index contributed by atoms with van der Waals surface area (Å²) in [5.74, 6) is 0.685. The van der Waals surface area contributed by atoms with Crippen LogP contribution in [0.4, 0.5) is 0 Å². The SMILES string of the molecule is CC1CCCC(NC(=O)C2CCN(S(=O)(=O)c3ccc4ccccc4c3)CC2)C1. The molecule has 0 radical (unpaired) electrons. The lowest BCUT2D eigenvalue weighted by atomic mass is 9.86. The zero-order valence-corrected chi connectivity index (χ0v) is 17.8. The number of hydrogen-bond donors (Lipinski definition) is 1. The first kappa shape index (κ1) is 20.4. The first-order valence-electron chi connectivity index (χ1n) is 10.7. The Morgan fingerprint density at radius 1 is 1.00 bits per heavy atom. The number of carbonyl (C=O) groups excluding carboxylic acids is 1. The van der Waals surface area contributed by atoms with E-state index < -0.39 is 10.0 Å². The highest BCUT2D eigenvalue weighted by Gasteiger charge is 2.33. The number of piperidine rings is 1. The number of amides is 1. The summed E-state index contributed by atoms with van der Waals surface area (Å²) < 4.78 is 27.7. The normalized spacial score (nSPS) is 24.4. The van der Waals surface area contributed by atoms with E-state index in [1.54, 1.807) is 12.1 Å². The van der Waals surface area contributed by atoms with E-state index in [4.69, 9.17) is 0 Å². The van der Waals surface area contributed by atoms with Gasteiger partial charge in [0.2, 0.25) is 15.9 Å². The summed E-state index contributed by atoms with van der Waals surface area (Å²) in [6, 6.07) is 13.3. The minimum Gasteiger partial charge on any atom is -0.353 e. The summed E-state index contributed by atoms with van der Waals surface area (Å²) in [7, 11) is -3.54. The molecule has 156 valence electrons. The van der Waals surface area contributed by atoms with Gasteiger partial charge in [0.25, 0.3) is 0 Å². The Bertz CT molecular complexity index is 981. The number of carbonyl (C=O) groups is 1. The number of sulfonamides is 1. The van der Waals surface area contributed by atoms with Crippen LogP contribution in [-0.4, -0.2) is 37.8 Å². The predicted octanol–water partition coefficient (Wildman–Crippen LogP) is 3.94. The van der Waals surface area contributed by atoms with Crippen molar-refractivity contribution < 1.29 is 13.2 Å². The molecule has 5 nitrogen and oxygen atoms in total. The Balaban J connectivity index is 1.38. The second-order valence-electron chi connectivity index (χ2n) is 8.66. The van der Waals surface area contributed by atoms with Gasteiger partial charge in [-0.1, -0.05) is 50.1 Å². The smallest absolute Gasteiger partial charge is 0.243 e. The van der Waals surface area contributed by atoms with Gasteiger partial charge < -0.3 is 5.32 Å². The van der Waals surface area contributed by atoms with E-state index in [0.29, 0.717) is 36.7 Å². The van der Waals surface area contributed by atoms with Crippen molar-refractivity contribution >= 4 is 26.7 Å². The number of nitrogens with one attached hydrogen (secondary N) is 1. The van der Waals surface area contributed by atoms with Crippen LogP contribution in [0.25, 0.3) is 10.8 Å². The molecular formula is C23H30N2O3S. The number of nitrogens with zero attached hydrogens (tertiary/aromatic N) is 1. The average Bonchev–Trinajstić information content (AvgIpc) is 2.73. The molecule has 2 unspecified atom stereocenters. The van der Waals surface area contributed by atoms with E-state index in [2.05, 4.69) is 12.2 Å². The van der Waals surface area contributed by atoms with Crippen molar-refractivity contribution in [1.29, 1.82) is 0 Å². The highest BCUT2D eigenvalue weighted by Crippen LogP contribution is 2.28. The van der Waals surface area contributed by atoms with Gasteiger partial charge >= 0.3 is 0 Å². The van der Waals surface area contributed by atoms with Gasteiger partial charge in [-0.05, 0) is 54.5 Å². The average molecular weight is 415 g/mol. The molecule has 0 bridgehead atoms. The van der Waals surface area contributed by atoms with Crippen LogP contribution in [0.3, 0.4) is 0 Å². The van der Waals surface area contributed by atoms with Crippen LogP contribution in [0.2, 0.25) is 0 Å². The standard InChI is InChI=1S/C23H30N2O3S/c1-17-5-4-8-21(15-17)24-23(26)19-11-13-25(14-12-19)29(27,28)22-10-9-18-6-2-3-7-20(18)16-22/h2-3,6-7,9-10,16-17,19,21H,4-5,8,11-15H2,1H3,(H,24,26). The molecule has 2 fully saturated rings. The van der Waals surface area contributed by atoms with Gasteiger partial charge in [-0.3, -0.25) is 4.79 Å². The van der Waals surface area contributed by atoms with Gasteiger partial charge in [0, 0.05) is 25.0 Å². The lowest BCUT2D eigenvalue weighted by Crippen LogP contribution is -2.46. The number of rotatable bonds is 4. The molecule has 1 aliphatic heterocycles. The molecule has 2 aliphatic rings. The first-order valence-corrected chi connectivity index (χ1v) is 12.2. The van der Waals surface area contributed by atoms with Gasteiger partial charge in [0.1, 0.15) is 0 Å². The molecule has 1 amide bonds. The molecule has 0 aromatic heterocycles. The number of benzene rings is 2. The van der Waals surface area contributed by atoms with E-state index >= 15 is 0 Å². The topological polar surface area (TPSA) is 66.5 Å². The van der Waals surface area contributed by atoms with Crippen molar-refractivity contribution in [3.63, 3.8) is 0 Å². The highest BCUT2D eigenvalue weighted by atomic mass is 32.2. The van der Waals surface area contributed by atoms with E-state index in [-0.39, 0.29) is 17.9 Å². The zero-order valence-electron chi connectivity index (χ0n) is 17.0. The molecule has 6 heteroatoms. The number of hydrogen-bond acceptors (Lipinski definition) is 3. The molecule has 1 aliphatic carbocycles. The fourth-order valence-corrected chi connectivity index (χ4v) is 6.23. The van der Waals surface area contributed by atoms with Crippen molar-refractivity contribution in [3.8, 4) is 0 Å². The highest BCUT2D eigenvalue weighted by molar-refractivity contribution is 7.89. The van der Waals surface area contributed by atoms with Crippen molar-refractivity contribution in [2.45, 2.75) is 56.4 Å². The molecule has 29 heavy (non-hydrogen) atoms. The molecule has 2 atom stereocenters. The van der Waals surface area contributed by atoms with Crippen molar-refractivity contribution in [3.05, 3.63) is 42.5 Å². The Labute approximate surface area is 173 Å². The Hall–Kier alpha value is -1.92. The molecule has 1 saturated carbocycles. The van der Waals surface area contributed by atoms with Gasteiger partial charge in [0.15, 0.2) is 0 Å². The maximum Gasteiger partial charge on any atom is 0.243 e. The Kier molecular flexibility index (Phi) is 5.93. The van der Waals surface area contributed by atoms with E-state index in [1.807, 2.05) is 30.3 Å². The van der Waals surface area contributed by atoms with Crippen LogP contribution < -0.4 is 5.32 Å². The van der Waals surface area contributed by atoms with Crippen LogP contribution in [-0.2, 0) is 14.8 Å². The second-order valence-corrected chi connectivity index (χ2v) is 10.6. The van der Waals surface area contributed by atoms with Crippen molar-refractivity contribution in [1.82, 2.24) is 9.62 Å². The lowest BCUT2D eigenvalue weighted by Gasteiger charge is -2.33. The van der Waals surface area contributed by atoms with Crippen molar-refractivity contribution in [2.24, 2.45) is 11.8 Å². The molecule has 2 aromatic rings. The van der Waals surface area contributed by atoms with Crippen LogP contribution in [0.5, 0.6) is 0 Å². The minimum atomic E-state index is -3.54. The van der Waals surface area contributed by atoms with E-state index in [9.17, 15) is 13.2 Å². The lowest BCUT2D eigenvalue weighted by molar-refractivity contribution is -0.127. The summed E-state index contributed by atoms with van der Waals surface area (Å²) in [6.45, 7) is 3.04. The van der Waals surface area contributed by atoms with Gasteiger partial charge in [-0.25, -0.2) is 8.42 Å². The third-order valence-electron chi connectivity index (χ3n) is 6.47. The Morgan fingerprint density at radius 3 is 2.45 bits per heavy atom. The fourth-order valence-electron chi connectivity index (χ4n) is 4.72. The van der Waals surface area contributed by atoms with E-state index in [0.717, 1.165) is 23.6 Å². The summed E-state index contributed by atoms with van der Waals surface area (Å²) in [5, 5.41) is 5.17. The van der Waals surface area contributed by atoms with Crippen molar-refractivity contribution in [2.75, 3.05) is 13.1 Å². The third-order valence-corrected chi connectivity index (χ3v) is 8.36. The zero-order chi connectivity index (χ0) is 20.4. The summed E-state index contributed by atoms with van der Waals surface area (Å²) in [6.07, 6.45) is 5.71. The van der Waals surface area contributed by atoms with E-state index in [1.165, 1.54) is 17.1 Å². The fraction of sp³-hybridized carbons (Fsp3) is 0.522. The molecule has 1 N–H and O–H groups in total. The Morgan fingerprint density at radius 2 is 1.72 bits per heavy atom. The molecule has 4 rings (SSSR count). The molecular weight excluding hydrogens is 384 g/mol. The maximum atomic E-state index is 13.1. The molecule has 0 spiro atoms. The largest absolute Gasteiger partial charge is 0.353 e. The quantitative estimate of drug-likeness (QED) is 0.824. The van der Waals surface area contributed by atoms with Crippen LogP contribution in [0.15, 0.2) is 47.4 Å². The summed E-state index contributed by atoms with van der Waals surface area (Å²) in [5.41, 5.74) is 0. The molecule has 1 saturated heterocycles. The number of fused-ring (bicyclic) bond motifs is 1. The van der Waals surface area contributed by atoms with Gasteiger partial charge in [0.05, 0.1) is 4.90 Å². The van der Waals surface area contributed by atoms with Gasteiger partial charge in [-0.2, -0.15) is 4.31 Å². The predicted molar refractivity (Wildman–Crippen MR) is 115 cm³/mol. The van der Waals surface area contributed by atoms with Crippen LogP contribution in [0, 0.1) is 11.8 Å². The first-order chi connectivity index (χ1) is 13.9.